The van der Waals surface area contributed by atoms with Crippen molar-refractivity contribution in [1.82, 2.24) is 5.32 Å². The van der Waals surface area contributed by atoms with Gasteiger partial charge in [-0.2, -0.15) is 0 Å². The van der Waals surface area contributed by atoms with E-state index < -0.39 is 0 Å². The first kappa shape index (κ1) is 15.8. The molecule has 1 aromatic carbocycles. The molecule has 3 heteroatoms. The first-order chi connectivity index (χ1) is 9.36. The Bertz CT molecular complexity index is 461. The van der Waals surface area contributed by atoms with Gasteiger partial charge in [-0.1, -0.05) is 36.7 Å². The molecule has 1 N–H and O–H groups in total. The van der Waals surface area contributed by atoms with Crippen LogP contribution in [-0.2, 0) is 0 Å². The molecule has 2 unspecified atom stereocenters. The predicted molar refractivity (Wildman–Crippen MR) is 88.5 cm³/mol. The minimum absolute atomic E-state index is 0.198. The molecule has 20 heavy (non-hydrogen) atoms. The van der Waals surface area contributed by atoms with Crippen LogP contribution in [0.25, 0.3) is 0 Å². The van der Waals surface area contributed by atoms with Gasteiger partial charge in [-0.3, -0.25) is 0 Å². The fraction of sp³-hybridized carbons (Fsp3) is 0.647. The van der Waals surface area contributed by atoms with Gasteiger partial charge in [-0.05, 0) is 50.1 Å². The maximum Gasteiger partial charge on any atom is 0.120 e. The third kappa shape index (κ3) is 3.04. The van der Waals surface area contributed by atoms with Crippen molar-refractivity contribution < 1.29 is 4.74 Å². The van der Waals surface area contributed by atoms with Crippen LogP contribution in [-0.4, -0.2) is 18.7 Å². The molecule has 0 aliphatic heterocycles. The van der Waals surface area contributed by atoms with Crippen molar-refractivity contribution in [2.45, 2.75) is 59.6 Å². The first-order valence-corrected chi connectivity index (χ1v) is 8.32. The molecule has 1 aromatic rings. The van der Waals surface area contributed by atoms with E-state index in [4.69, 9.17) is 4.74 Å². The molecule has 0 heterocycles. The van der Waals surface area contributed by atoms with Crippen LogP contribution in [0.5, 0.6) is 5.75 Å². The molecule has 0 radical (unpaired) electrons. The largest absolute Gasteiger partial charge is 0.490 e. The summed E-state index contributed by atoms with van der Waals surface area (Å²) in [7, 11) is 0. The van der Waals surface area contributed by atoms with Gasteiger partial charge in [-0.15, -0.1) is 0 Å². The van der Waals surface area contributed by atoms with Gasteiger partial charge in [0, 0.05) is 22.4 Å². The second-order valence-corrected chi connectivity index (χ2v) is 7.33. The number of rotatable bonds is 5. The van der Waals surface area contributed by atoms with E-state index in [1.54, 1.807) is 0 Å². The zero-order valence-electron chi connectivity index (χ0n) is 13.2. The van der Waals surface area contributed by atoms with E-state index in [0.29, 0.717) is 12.1 Å². The Morgan fingerprint density at radius 2 is 1.90 bits per heavy atom. The van der Waals surface area contributed by atoms with Crippen LogP contribution in [0.15, 0.2) is 16.6 Å². The van der Waals surface area contributed by atoms with E-state index in [1.807, 2.05) is 0 Å². The quantitative estimate of drug-likeness (QED) is 0.845. The number of aryl methyl sites for hydroxylation is 2. The topological polar surface area (TPSA) is 21.3 Å². The second-order valence-electron chi connectivity index (χ2n) is 6.54. The van der Waals surface area contributed by atoms with E-state index >= 15 is 0 Å². The molecule has 1 aliphatic carbocycles. The van der Waals surface area contributed by atoms with Gasteiger partial charge in [0.1, 0.15) is 11.9 Å². The monoisotopic (exact) mass is 339 g/mol. The molecule has 0 bridgehead atoms. The minimum atomic E-state index is 0.198. The van der Waals surface area contributed by atoms with Gasteiger partial charge in [0.05, 0.1) is 0 Å². The van der Waals surface area contributed by atoms with Gasteiger partial charge < -0.3 is 10.1 Å². The summed E-state index contributed by atoms with van der Waals surface area (Å²) in [6.45, 7) is 12.1. The third-order valence-electron chi connectivity index (χ3n) is 4.51. The number of hydrogen-bond acceptors (Lipinski definition) is 2. The van der Waals surface area contributed by atoms with Gasteiger partial charge in [0.25, 0.3) is 0 Å². The lowest BCUT2D eigenvalue weighted by Gasteiger charge is -2.51. The fourth-order valence-electron chi connectivity index (χ4n) is 2.89. The van der Waals surface area contributed by atoms with Crippen molar-refractivity contribution in [1.29, 1.82) is 0 Å². The molecule has 2 rings (SSSR count). The van der Waals surface area contributed by atoms with Crippen molar-refractivity contribution in [2.75, 3.05) is 6.54 Å². The molecule has 0 aromatic heterocycles. The van der Waals surface area contributed by atoms with Gasteiger partial charge in [0.2, 0.25) is 0 Å². The van der Waals surface area contributed by atoms with E-state index in [-0.39, 0.29) is 5.41 Å². The van der Waals surface area contributed by atoms with Crippen molar-refractivity contribution in [3.8, 4) is 5.75 Å². The second kappa shape index (κ2) is 6.07. The highest BCUT2D eigenvalue weighted by Crippen LogP contribution is 2.43. The minimum Gasteiger partial charge on any atom is -0.490 e. The Balaban J connectivity index is 2.02. The number of nitrogens with one attached hydrogen (secondary N) is 1. The molecule has 0 amide bonds. The highest BCUT2D eigenvalue weighted by molar-refractivity contribution is 9.10. The average Bonchev–Trinajstić information content (AvgIpc) is 2.39. The SMILES string of the molecule is CCCNC1CC(Oc2cc(C)c(Br)c(C)c2)C1(C)C. The van der Waals surface area contributed by atoms with Crippen molar-refractivity contribution in [3.05, 3.63) is 27.7 Å². The molecule has 1 saturated carbocycles. The number of benzene rings is 1. The smallest absolute Gasteiger partial charge is 0.120 e. The van der Waals surface area contributed by atoms with Gasteiger partial charge in [-0.25, -0.2) is 0 Å². The molecule has 2 atom stereocenters. The fourth-order valence-corrected chi connectivity index (χ4v) is 3.12. The van der Waals surface area contributed by atoms with E-state index in [9.17, 15) is 0 Å². The van der Waals surface area contributed by atoms with E-state index in [1.165, 1.54) is 22.0 Å². The normalized spacial score (nSPS) is 24.3. The summed E-state index contributed by atoms with van der Waals surface area (Å²) in [5.41, 5.74) is 2.67. The first-order valence-electron chi connectivity index (χ1n) is 7.53. The molecule has 0 spiro atoms. The Hall–Kier alpha value is -0.540. The average molecular weight is 340 g/mol. The molecule has 2 nitrogen and oxygen atoms in total. The number of ether oxygens (including phenoxy) is 1. The summed E-state index contributed by atoms with van der Waals surface area (Å²) in [5.74, 6) is 0.996. The number of hydrogen-bond donors (Lipinski definition) is 1. The van der Waals surface area contributed by atoms with Crippen LogP contribution in [0.3, 0.4) is 0 Å². The molecular formula is C17H26BrNO. The van der Waals surface area contributed by atoms with Crippen molar-refractivity contribution in [3.63, 3.8) is 0 Å². The molecule has 0 saturated heterocycles. The maximum absolute atomic E-state index is 6.23. The summed E-state index contributed by atoms with van der Waals surface area (Å²) >= 11 is 3.61. The van der Waals surface area contributed by atoms with Crippen LogP contribution in [0.2, 0.25) is 0 Å². The van der Waals surface area contributed by atoms with Gasteiger partial charge in [0.15, 0.2) is 0 Å². The Labute approximate surface area is 131 Å². The van der Waals surface area contributed by atoms with Crippen LogP contribution < -0.4 is 10.1 Å². The Morgan fingerprint density at radius 3 is 2.40 bits per heavy atom. The zero-order valence-corrected chi connectivity index (χ0v) is 14.8. The van der Waals surface area contributed by atoms with E-state index in [0.717, 1.165) is 18.7 Å². The summed E-state index contributed by atoms with van der Waals surface area (Å²) < 4.78 is 7.41. The van der Waals surface area contributed by atoms with E-state index in [2.05, 4.69) is 68.0 Å². The Kier molecular flexibility index (Phi) is 4.80. The Morgan fingerprint density at radius 1 is 1.30 bits per heavy atom. The zero-order chi connectivity index (χ0) is 14.9. The standard InChI is InChI=1S/C17H26BrNO/c1-6-7-19-14-10-15(17(14,4)5)20-13-8-11(2)16(18)12(3)9-13/h8-9,14-15,19H,6-7,10H2,1-5H3. The van der Waals surface area contributed by atoms with Crippen molar-refractivity contribution >= 4 is 15.9 Å². The lowest BCUT2D eigenvalue weighted by Crippen LogP contribution is -2.62. The number of halogens is 1. The van der Waals surface area contributed by atoms with Crippen LogP contribution >= 0.6 is 15.9 Å². The lowest BCUT2D eigenvalue weighted by atomic mass is 9.64. The van der Waals surface area contributed by atoms with Crippen molar-refractivity contribution in [2.24, 2.45) is 5.41 Å². The van der Waals surface area contributed by atoms with Crippen LogP contribution in [0, 0.1) is 19.3 Å². The van der Waals surface area contributed by atoms with Gasteiger partial charge >= 0.3 is 0 Å². The molecule has 1 aliphatic rings. The third-order valence-corrected chi connectivity index (χ3v) is 5.76. The molecule has 112 valence electrons. The highest BCUT2D eigenvalue weighted by atomic mass is 79.9. The van der Waals surface area contributed by atoms with Crippen LogP contribution in [0.1, 0.15) is 44.7 Å². The summed E-state index contributed by atoms with van der Waals surface area (Å²) in [4.78, 5) is 0. The summed E-state index contributed by atoms with van der Waals surface area (Å²) in [5, 5.41) is 3.62. The highest BCUT2D eigenvalue weighted by Gasteiger charge is 2.49. The lowest BCUT2D eigenvalue weighted by molar-refractivity contribution is -0.0546. The summed E-state index contributed by atoms with van der Waals surface area (Å²) in [6.07, 6.45) is 2.58. The molecular weight excluding hydrogens is 314 g/mol. The summed E-state index contributed by atoms with van der Waals surface area (Å²) in [6, 6.07) is 4.82. The maximum atomic E-state index is 6.23. The molecule has 1 fully saturated rings. The predicted octanol–water partition coefficient (Wildman–Crippen LogP) is 4.61. The van der Waals surface area contributed by atoms with Crippen LogP contribution in [0.4, 0.5) is 0 Å².